The largest absolute Gasteiger partial charge is 0.307 e. The van der Waals surface area contributed by atoms with Gasteiger partial charge in [-0.05, 0) is 59.9 Å². The molecule has 2 aromatic carbocycles. The smallest absolute Gasteiger partial charge is 0.257 e. The van der Waals surface area contributed by atoms with Gasteiger partial charge in [-0.2, -0.15) is 0 Å². The summed E-state index contributed by atoms with van der Waals surface area (Å²) in [6.07, 6.45) is 2.13. The molecular formula is C19H16N2O. The van der Waals surface area contributed by atoms with Crippen LogP contribution in [0.3, 0.4) is 0 Å². The van der Waals surface area contributed by atoms with Crippen molar-refractivity contribution in [1.82, 2.24) is 4.98 Å². The zero-order chi connectivity index (χ0) is 15.1. The number of hydrogen-bond donors (Lipinski definition) is 1. The van der Waals surface area contributed by atoms with E-state index in [1.807, 2.05) is 43.3 Å². The van der Waals surface area contributed by atoms with Crippen molar-refractivity contribution in [3.8, 4) is 0 Å². The lowest BCUT2D eigenvalue weighted by Gasteiger charge is -2.09. The molecule has 0 unspecified atom stereocenters. The van der Waals surface area contributed by atoms with Crippen molar-refractivity contribution in [2.24, 2.45) is 0 Å². The first kappa shape index (κ1) is 13.0. The van der Waals surface area contributed by atoms with Crippen LogP contribution in [0.15, 0.2) is 48.5 Å². The van der Waals surface area contributed by atoms with Crippen molar-refractivity contribution in [1.29, 1.82) is 0 Å². The molecule has 0 atom stereocenters. The molecule has 4 rings (SSSR count). The number of aromatic nitrogens is 1. The molecule has 0 bridgehead atoms. The fourth-order valence-corrected chi connectivity index (χ4v) is 3.24. The summed E-state index contributed by atoms with van der Waals surface area (Å²) in [6.45, 7) is 1.91. The average molecular weight is 288 g/mol. The third kappa shape index (κ3) is 2.06. The van der Waals surface area contributed by atoms with Gasteiger partial charge < -0.3 is 5.32 Å². The zero-order valence-corrected chi connectivity index (χ0v) is 12.4. The first-order chi connectivity index (χ1) is 10.7. The van der Waals surface area contributed by atoms with E-state index in [-0.39, 0.29) is 5.91 Å². The summed E-state index contributed by atoms with van der Waals surface area (Å²) in [6, 6.07) is 15.9. The van der Waals surface area contributed by atoms with Crippen LogP contribution in [0, 0.1) is 6.92 Å². The second kappa shape index (κ2) is 4.95. The van der Waals surface area contributed by atoms with E-state index < -0.39 is 0 Å². The Labute approximate surface area is 129 Å². The summed E-state index contributed by atoms with van der Waals surface area (Å²) in [7, 11) is 0. The van der Waals surface area contributed by atoms with Gasteiger partial charge in [-0.1, -0.05) is 30.3 Å². The molecule has 3 aromatic rings. The number of hydrogen-bond acceptors (Lipinski definition) is 2. The Hall–Kier alpha value is -2.68. The molecule has 1 aliphatic carbocycles. The molecule has 108 valence electrons. The minimum absolute atomic E-state index is 0.103. The lowest BCUT2D eigenvalue weighted by molar-refractivity contribution is 0.102. The van der Waals surface area contributed by atoms with E-state index in [0.717, 1.165) is 23.9 Å². The molecule has 0 spiro atoms. The van der Waals surface area contributed by atoms with Crippen LogP contribution in [-0.4, -0.2) is 10.9 Å². The van der Waals surface area contributed by atoms with Gasteiger partial charge >= 0.3 is 0 Å². The van der Waals surface area contributed by atoms with Crippen LogP contribution >= 0.6 is 0 Å². The van der Waals surface area contributed by atoms with Gasteiger partial charge in [-0.3, -0.25) is 4.79 Å². The number of rotatable bonds is 2. The summed E-state index contributed by atoms with van der Waals surface area (Å²) >= 11 is 0. The van der Waals surface area contributed by atoms with Crippen LogP contribution < -0.4 is 5.32 Å². The predicted molar refractivity (Wildman–Crippen MR) is 88.3 cm³/mol. The molecule has 1 N–H and O–H groups in total. The van der Waals surface area contributed by atoms with Crippen molar-refractivity contribution in [2.75, 3.05) is 5.32 Å². The Bertz CT molecular complexity index is 889. The number of carbonyl (C=O) groups is 1. The van der Waals surface area contributed by atoms with Crippen molar-refractivity contribution >= 4 is 22.5 Å². The highest BCUT2D eigenvalue weighted by molar-refractivity contribution is 6.14. The number of nitrogens with zero attached hydrogens (tertiary/aromatic N) is 1. The summed E-state index contributed by atoms with van der Waals surface area (Å²) < 4.78 is 0. The highest BCUT2D eigenvalue weighted by atomic mass is 16.1. The molecule has 1 aliphatic rings. The van der Waals surface area contributed by atoms with E-state index in [1.54, 1.807) is 0 Å². The summed E-state index contributed by atoms with van der Waals surface area (Å²) in [5.41, 5.74) is 4.29. The lowest BCUT2D eigenvalue weighted by Crippen LogP contribution is -2.13. The van der Waals surface area contributed by atoms with Crippen LogP contribution in [0.4, 0.5) is 5.82 Å². The lowest BCUT2D eigenvalue weighted by atomic mass is 9.99. The van der Waals surface area contributed by atoms with Gasteiger partial charge in [-0.15, -0.1) is 0 Å². The molecule has 22 heavy (non-hydrogen) atoms. The molecule has 3 nitrogen and oxygen atoms in total. The fraction of sp³-hybridized carbons (Fsp3) is 0.158. The second-order valence-electron chi connectivity index (χ2n) is 5.73. The molecule has 0 saturated heterocycles. The minimum atomic E-state index is -0.103. The number of amides is 1. The Balaban J connectivity index is 1.77. The number of carbonyl (C=O) groups excluding carboxylic acids is 1. The van der Waals surface area contributed by atoms with Crippen LogP contribution in [0.1, 0.15) is 27.2 Å². The first-order valence-electron chi connectivity index (χ1n) is 7.51. The standard InChI is InChI=1S/C19H16N2O/c1-12-4-2-7-17(20-12)21-19(22)16-11-10-14-9-8-13-5-3-6-15(16)18(13)14/h2-7,10-11H,8-9H2,1H3,(H,20,21,22). The third-order valence-electron chi connectivity index (χ3n) is 4.25. The van der Waals surface area contributed by atoms with E-state index in [9.17, 15) is 4.79 Å². The number of anilines is 1. The molecular weight excluding hydrogens is 272 g/mol. The van der Waals surface area contributed by atoms with Gasteiger partial charge in [0.1, 0.15) is 5.82 Å². The maximum Gasteiger partial charge on any atom is 0.257 e. The van der Waals surface area contributed by atoms with Crippen molar-refractivity contribution < 1.29 is 4.79 Å². The van der Waals surface area contributed by atoms with Crippen LogP contribution in [0.25, 0.3) is 10.8 Å². The number of nitrogens with one attached hydrogen (secondary N) is 1. The van der Waals surface area contributed by atoms with Gasteiger partial charge in [-0.25, -0.2) is 4.98 Å². The maximum absolute atomic E-state index is 12.6. The van der Waals surface area contributed by atoms with Crippen molar-refractivity contribution in [3.63, 3.8) is 0 Å². The molecule has 1 heterocycles. The topological polar surface area (TPSA) is 42.0 Å². The molecule has 1 amide bonds. The van der Waals surface area contributed by atoms with Gasteiger partial charge in [0.05, 0.1) is 0 Å². The van der Waals surface area contributed by atoms with Crippen molar-refractivity contribution in [3.05, 3.63) is 70.9 Å². The summed E-state index contributed by atoms with van der Waals surface area (Å²) in [5.74, 6) is 0.488. The normalized spacial score (nSPS) is 12.6. The second-order valence-corrected chi connectivity index (χ2v) is 5.73. The Kier molecular flexibility index (Phi) is 2.93. The molecule has 0 aliphatic heterocycles. The Morgan fingerprint density at radius 3 is 2.59 bits per heavy atom. The fourth-order valence-electron chi connectivity index (χ4n) is 3.24. The summed E-state index contributed by atoms with van der Waals surface area (Å²) in [5, 5.41) is 5.20. The van der Waals surface area contributed by atoms with Gasteiger partial charge in [0, 0.05) is 11.3 Å². The molecule has 0 radical (unpaired) electrons. The molecule has 1 aromatic heterocycles. The minimum Gasteiger partial charge on any atom is -0.307 e. The number of benzene rings is 2. The molecule has 0 saturated carbocycles. The molecule has 0 fully saturated rings. The SMILES string of the molecule is Cc1cccc(NC(=O)c2ccc3c4c(cccc24)CC3)n1. The maximum atomic E-state index is 12.6. The predicted octanol–water partition coefficient (Wildman–Crippen LogP) is 3.89. The number of aryl methyl sites for hydroxylation is 3. The Morgan fingerprint density at radius 1 is 1.00 bits per heavy atom. The first-order valence-corrected chi connectivity index (χ1v) is 7.51. The summed E-state index contributed by atoms with van der Waals surface area (Å²) in [4.78, 5) is 17.0. The van der Waals surface area contributed by atoms with Crippen LogP contribution in [0.5, 0.6) is 0 Å². The van der Waals surface area contributed by atoms with Gasteiger partial charge in [0.15, 0.2) is 0 Å². The Morgan fingerprint density at radius 2 is 1.77 bits per heavy atom. The monoisotopic (exact) mass is 288 g/mol. The van der Waals surface area contributed by atoms with E-state index in [0.29, 0.717) is 11.4 Å². The van der Waals surface area contributed by atoms with Gasteiger partial charge in [0.25, 0.3) is 5.91 Å². The third-order valence-corrected chi connectivity index (χ3v) is 4.25. The van der Waals surface area contributed by atoms with E-state index in [4.69, 9.17) is 0 Å². The van der Waals surface area contributed by atoms with Crippen molar-refractivity contribution in [2.45, 2.75) is 19.8 Å². The highest BCUT2D eigenvalue weighted by Gasteiger charge is 2.18. The van der Waals surface area contributed by atoms with E-state index >= 15 is 0 Å². The number of pyridine rings is 1. The quantitative estimate of drug-likeness (QED) is 0.777. The van der Waals surface area contributed by atoms with Crippen LogP contribution in [-0.2, 0) is 12.8 Å². The van der Waals surface area contributed by atoms with E-state index in [1.165, 1.54) is 16.5 Å². The zero-order valence-electron chi connectivity index (χ0n) is 12.4. The highest BCUT2D eigenvalue weighted by Crippen LogP contribution is 2.32. The van der Waals surface area contributed by atoms with E-state index in [2.05, 4.69) is 22.4 Å². The molecule has 3 heteroatoms. The average Bonchev–Trinajstić information content (AvgIpc) is 2.93. The van der Waals surface area contributed by atoms with Gasteiger partial charge in [0.2, 0.25) is 0 Å². The van der Waals surface area contributed by atoms with Crippen LogP contribution in [0.2, 0.25) is 0 Å².